The van der Waals surface area contributed by atoms with Gasteiger partial charge in [-0.25, -0.2) is 8.42 Å². The maximum atomic E-state index is 13.2. The van der Waals surface area contributed by atoms with Crippen molar-refractivity contribution in [3.63, 3.8) is 0 Å². The number of carbonyl (C=O) groups excluding carboxylic acids is 1. The molecule has 0 atom stereocenters. The summed E-state index contributed by atoms with van der Waals surface area (Å²) in [7, 11) is -1.68. The molecule has 0 saturated carbocycles. The van der Waals surface area contributed by atoms with Gasteiger partial charge in [-0.15, -0.1) is 24.8 Å². The number of benzene rings is 1. The van der Waals surface area contributed by atoms with Crippen LogP contribution in [0.15, 0.2) is 30.3 Å². The molecule has 0 bridgehead atoms. The van der Waals surface area contributed by atoms with Gasteiger partial charge in [0.15, 0.2) is 14.6 Å². The van der Waals surface area contributed by atoms with Crippen LogP contribution in [0.1, 0.15) is 31.2 Å². The van der Waals surface area contributed by atoms with E-state index < -0.39 is 14.6 Å². The lowest BCUT2D eigenvalue weighted by Crippen LogP contribution is -2.60. The standard InChI is InChI=1S/C20H31N3O3S.2ClH/c1-22(19(24)20(27(2,25)26)10-12-21-13-11-20)18-8-14-23(15-9-18)16-17-6-4-3-5-7-17;;/h3-7,18,21H,8-16H2,1-2H3;2*1H. The van der Waals surface area contributed by atoms with E-state index in [-0.39, 0.29) is 36.8 Å². The second-order valence-electron chi connectivity index (χ2n) is 7.93. The lowest BCUT2D eigenvalue weighted by atomic mass is 9.93. The number of nitrogens with zero attached hydrogens (tertiary/aromatic N) is 2. The van der Waals surface area contributed by atoms with Crippen molar-refractivity contribution in [1.82, 2.24) is 15.1 Å². The van der Waals surface area contributed by atoms with Gasteiger partial charge in [0.1, 0.15) is 0 Å². The highest BCUT2D eigenvalue weighted by atomic mass is 35.5. The zero-order valence-corrected chi connectivity index (χ0v) is 19.6. The molecule has 1 aromatic carbocycles. The summed E-state index contributed by atoms with van der Waals surface area (Å²) in [5, 5.41) is 3.17. The molecule has 1 aromatic rings. The minimum Gasteiger partial charge on any atom is -0.341 e. The number of halogens is 2. The van der Waals surface area contributed by atoms with Gasteiger partial charge >= 0.3 is 0 Å². The van der Waals surface area contributed by atoms with Crippen LogP contribution in [-0.4, -0.2) is 74.4 Å². The minimum absolute atomic E-state index is 0. The highest BCUT2D eigenvalue weighted by Crippen LogP contribution is 2.31. The van der Waals surface area contributed by atoms with E-state index in [1.807, 2.05) is 6.07 Å². The van der Waals surface area contributed by atoms with E-state index in [9.17, 15) is 13.2 Å². The van der Waals surface area contributed by atoms with Crippen LogP contribution in [0.25, 0.3) is 0 Å². The number of nitrogens with one attached hydrogen (secondary N) is 1. The van der Waals surface area contributed by atoms with Gasteiger partial charge in [-0.05, 0) is 44.3 Å². The van der Waals surface area contributed by atoms with E-state index in [0.717, 1.165) is 32.5 Å². The van der Waals surface area contributed by atoms with E-state index in [4.69, 9.17) is 0 Å². The molecule has 6 nitrogen and oxygen atoms in total. The first kappa shape index (κ1) is 26.2. The van der Waals surface area contributed by atoms with E-state index in [1.54, 1.807) is 11.9 Å². The molecule has 1 amide bonds. The summed E-state index contributed by atoms with van der Waals surface area (Å²) in [5.74, 6) is -0.215. The molecule has 9 heteroatoms. The Kier molecular flexibility index (Phi) is 9.89. The summed E-state index contributed by atoms with van der Waals surface area (Å²) in [6, 6.07) is 10.5. The Morgan fingerprint density at radius 2 is 1.69 bits per heavy atom. The Balaban J connectivity index is 0.00000210. The highest BCUT2D eigenvalue weighted by Gasteiger charge is 2.50. The molecule has 1 N–H and O–H groups in total. The molecule has 2 heterocycles. The smallest absolute Gasteiger partial charge is 0.244 e. The van der Waals surface area contributed by atoms with Crippen LogP contribution < -0.4 is 5.32 Å². The van der Waals surface area contributed by atoms with Crippen LogP contribution in [0.2, 0.25) is 0 Å². The second-order valence-corrected chi connectivity index (χ2v) is 10.3. The lowest BCUT2D eigenvalue weighted by molar-refractivity contribution is -0.136. The van der Waals surface area contributed by atoms with Gasteiger partial charge in [-0.3, -0.25) is 9.69 Å². The van der Waals surface area contributed by atoms with Crippen molar-refractivity contribution < 1.29 is 13.2 Å². The monoisotopic (exact) mass is 465 g/mol. The highest BCUT2D eigenvalue weighted by molar-refractivity contribution is 7.92. The molecule has 2 fully saturated rings. The van der Waals surface area contributed by atoms with Crippen LogP contribution in [-0.2, 0) is 21.2 Å². The minimum atomic E-state index is -3.46. The molecule has 3 rings (SSSR count). The van der Waals surface area contributed by atoms with Crippen LogP contribution in [0.4, 0.5) is 0 Å². The maximum absolute atomic E-state index is 13.2. The Morgan fingerprint density at radius 3 is 2.21 bits per heavy atom. The predicted molar refractivity (Wildman–Crippen MR) is 122 cm³/mol. The first-order valence-electron chi connectivity index (χ1n) is 9.77. The molecule has 0 aromatic heterocycles. The SMILES string of the molecule is CN(C(=O)C1(S(C)(=O)=O)CCNCC1)C1CCN(Cc2ccccc2)CC1.Cl.Cl. The quantitative estimate of drug-likeness (QED) is 0.720. The van der Waals surface area contributed by atoms with Crippen molar-refractivity contribution in [3.05, 3.63) is 35.9 Å². The maximum Gasteiger partial charge on any atom is 0.244 e. The van der Waals surface area contributed by atoms with Gasteiger partial charge in [-0.2, -0.15) is 0 Å². The van der Waals surface area contributed by atoms with Crippen LogP contribution >= 0.6 is 24.8 Å². The number of sulfone groups is 1. The van der Waals surface area contributed by atoms with Gasteiger partial charge < -0.3 is 10.2 Å². The van der Waals surface area contributed by atoms with Gasteiger partial charge in [0.05, 0.1) is 0 Å². The van der Waals surface area contributed by atoms with E-state index in [0.29, 0.717) is 25.9 Å². The molecule has 0 spiro atoms. The Labute approximate surface area is 187 Å². The fourth-order valence-electron chi connectivity index (χ4n) is 4.37. The van der Waals surface area contributed by atoms with Gasteiger partial charge in [0.25, 0.3) is 0 Å². The van der Waals surface area contributed by atoms with E-state index >= 15 is 0 Å². The summed E-state index contributed by atoms with van der Waals surface area (Å²) >= 11 is 0. The van der Waals surface area contributed by atoms with Crippen molar-refractivity contribution in [2.24, 2.45) is 0 Å². The summed E-state index contributed by atoms with van der Waals surface area (Å²) in [6.45, 7) is 3.91. The zero-order valence-electron chi connectivity index (χ0n) is 17.2. The first-order chi connectivity index (χ1) is 12.8. The van der Waals surface area contributed by atoms with E-state index in [2.05, 4.69) is 34.5 Å². The molecular formula is C20H33Cl2N3O3S. The number of likely N-dealkylation sites (tertiary alicyclic amines) is 1. The summed E-state index contributed by atoms with van der Waals surface area (Å²) in [6.07, 6.45) is 3.70. The lowest BCUT2D eigenvalue weighted by Gasteiger charge is -2.42. The molecule has 2 aliphatic rings. The third-order valence-electron chi connectivity index (χ3n) is 6.18. The summed E-state index contributed by atoms with van der Waals surface area (Å²) in [5.41, 5.74) is 1.30. The molecular weight excluding hydrogens is 433 g/mol. The van der Waals surface area contributed by atoms with Crippen molar-refractivity contribution in [3.8, 4) is 0 Å². The molecule has 0 unspecified atom stereocenters. The first-order valence-corrected chi connectivity index (χ1v) is 11.7. The fourth-order valence-corrected chi connectivity index (χ4v) is 5.77. The van der Waals surface area contributed by atoms with Crippen molar-refractivity contribution >= 4 is 40.6 Å². The number of piperidine rings is 2. The van der Waals surface area contributed by atoms with Crippen molar-refractivity contribution in [1.29, 1.82) is 0 Å². The third-order valence-corrected chi connectivity index (χ3v) is 8.19. The zero-order chi connectivity index (χ0) is 19.5. The van der Waals surface area contributed by atoms with Crippen molar-refractivity contribution in [2.75, 3.05) is 39.5 Å². The third kappa shape index (κ3) is 5.85. The molecule has 2 aliphatic heterocycles. The van der Waals surface area contributed by atoms with E-state index in [1.165, 1.54) is 11.8 Å². The number of hydrogen-bond acceptors (Lipinski definition) is 5. The largest absolute Gasteiger partial charge is 0.341 e. The molecule has 29 heavy (non-hydrogen) atoms. The molecule has 166 valence electrons. The Hall–Kier alpha value is -0.860. The normalized spacial score (nSPS) is 20.2. The van der Waals surface area contributed by atoms with Crippen molar-refractivity contribution in [2.45, 2.75) is 43.0 Å². The second kappa shape index (κ2) is 11.0. The average molecular weight is 466 g/mol. The number of hydrogen-bond donors (Lipinski definition) is 1. The fraction of sp³-hybridized carbons (Fsp3) is 0.650. The number of amides is 1. The topological polar surface area (TPSA) is 69.7 Å². The predicted octanol–water partition coefficient (Wildman–Crippen LogP) is 2.12. The summed E-state index contributed by atoms with van der Waals surface area (Å²) in [4.78, 5) is 17.4. The van der Waals surface area contributed by atoms with Gasteiger partial charge in [0, 0.05) is 39.0 Å². The number of rotatable bonds is 5. The average Bonchev–Trinajstić information content (AvgIpc) is 2.68. The summed E-state index contributed by atoms with van der Waals surface area (Å²) < 4.78 is 23.8. The van der Waals surface area contributed by atoms with Gasteiger partial charge in [0.2, 0.25) is 5.91 Å². The van der Waals surface area contributed by atoms with Crippen LogP contribution in [0.5, 0.6) is 0 Å². The molecule has 0 aliphatic carbocycles. The van der Waals surface area contributed by atoms with Gasteiger partial charge in [-0.1, -0.05) is 30.3 Å². The number of carbonyl (C=O) groups is 1. The van der Waals surface area contributed by atoms with Crippen LogP contribution in [0.3, 0.4) is 0 Å². The van der Waals surface area contributed by atoms with Crippen LogP contribution in [0, 0.1) is 0 Å². The Morgan fingerprint density at radius 1 is 1.14 bits per heavy atom. The Bertz CT molecular complexity index is 747. The molecule has 2 saturated heterocycles. The molecule has 0 radical (unpaired) electrons.